The molecule has 0 spiro atoms. The molecule has 7 heteroatoms. The topological polar surface area (TPSA) is 56.8 Å². The van der Waals surface area contributed by atoms with E-state index in [1.54, 1.807) is 57.4 Å². The van der Waals surface area contributed by atoms with E-state index in [4.69, 9.17) is 13.8 Å². The Labute approximate surface area is 147 Å². The summed E-state index contributed by atoms with van der Waals surface area (Å²) < 4.78 is 42.7. The lowest BCUT2D eigenvalue weighted by Crippen LogP contribution is -2.15. The molecule has 25 heavy (non-hydrogen) atoms. The summed E-state index contributed by atoms with van der Waals surface area (Å²) in [5.41, 5.74) is 1.33. The van der Waals surface area contributed by atoms with Crippen molar-refractivity contribution in [2.24, 2.45) is 0 Å². The van der Waals surface area contributed by atoms with E-state index < -0.39 is 13.4 Å². The van der Waals surface area contributed by atoms with Crippen molar-refractivity contribution in [3.63, 3.8) is 0 Å². The second-order valence-corrected chi connectivity index (χ2v) is 7.31. The zero-order valence-electron chi connectivity index (χ0n) is 14.6. The molecule has 0 saturated heterocycles. The number of hydrogen-bond acceptors (Lipinski definition) is 5. The Morgan fingerprint density at radius 2 is 1.56 bits per heavy atom. The largest absolute Gasteiger partial charge is 0.497 e. The van der Waals surface area contributed by atoms with Crippen molar-refractivity contribution in [2.45, 2.75) is 19.6 Å². The van der Waals surface area contributed by atoms with Gasteiger partial charge in [-0.15, -0.1) is 0 Å². The smallest absolute Gasteiger partial charge is 0.357 e. The standard InChI is InChI=1S/C18H23FNO4P/c1-4-23-25(21,24-5-2)18(14-6-8-15(19)9-7-14)20-16-10-12-17(22-3)13-11-16/h6-13,18,20H,4-5H2,1-3H3. The number of benzene rings is 2. The first kappa shape index (κ1) is 19.4. The molecule has 136 valence electrons. The van der Waals surface area contributed by atoms with Gasteiger partial charge in [0, 0.05) is 5.69 Å². The molecule has 0 aliphatic heterocycles. The fourth-order valence-electron chi connectivity index (χ4n) is 2.38. The van der Waals surface area contributed by atoms with Crippen LogP contribution in [0.1, 0.15) is 25.2 Å². The molecule has 0 amide bonds. The van der Waals surface area contributed by atoms with Crippen molar-refractivity contribution in [3.8, 4) is 5.75 Å². The van der Waals surface area contributed by atoms with Crippen LogP contribution in [0.25, 0.3) is 0 Å². The number of ether oxygens (including phenoxy) is 1. The van der Waals surface area contributed by atoms with Gasteiger partial charge in [0.1, 0.15) is 11.6 Å². The summed E-state index contributed by atoms with van der Waals surface area (Å²) in [4.78, 5) is 0. The average Bonchev–Trinajstić information content (AvgIpc) is 2.61. The van der Waals surface area contributed by atoms with Crippen LogP contribution in [0.4, 0.5) is 10.1 Å². The molecule has 0 saturated carbocycles. The summed E-state index contributed by atoms with van der Waals surface area (Å²) in [6.07, 6.45) is 0. The highest BCUT2D eigenvalue weighted by molar-refractivity contribution is 7.54. The SMILES string of the molecule is CCOP(=O)(OCC)C(Nc1ccc(OC)cc1)c1ccc(F)cc1. The van der Waals surface area contributed by atoms with Gasteiger partial charge in [-0.3, -0.25) is 4.57 Å². The van der Waals surface area contributed by atoms with Crippen molar-refractivity contribution in [2.75, 3.05) is 25.6 Å². The molecule has 0 radical (unpaired) electrons. The molecule has 5 nitrogen and oxygen atoms in total. The van der Waals surface area contributed by atoms with Crippen LogP contribution in [0.15, 0.2) is 48.5 Å². The third-order valence-corrected chi connectivity index (χ3v) is 5.81. The Morgan fingerprint density at radius 3 is 2.04 bits per heavy atom. The lowest BCUT2D eigenvalue weighted by Gasteiger charge is -2.28. The van der Waals surface area contributed by atoms with Gasteiger partial charge >= 0.3 is 7.60 Å². The van der Waals surface area contributed by atoms with Crippen molar-refractivity contribution in [3.05, 3.63) is 59.9 Å². The van der Waals surface area contributed by atoms with E-state index in [-0.39, 0.29) is 19.0 Å². The molecule has 0 aliphatic rings. The lowest BCUT2D eigenvalue weighted by atomic mass is 10.2. The predicted molar refractivity (Wildman–Crippen MR) is 96.6 cm³/mol. The second-order valence-electron chi connectivity index (χ2n) is 5.20. The van der Waals surface area contributed by atoms with Gasteiger partial charge in [-0.05, 0) is 55.8 Å². The molecule has 0 heterocycles. The second kappa shape index (κ2) is 8.99. The highest BCUT2D eigenvalue weighted by Crippen LogP contribution is 2.60. The van der Waals surface area contributed by atoms with E-state index >= 15 is 0 Å². The molecule has 0 aliphatic carbocycles. The van der Waals surface area contributed by atoms with E-state index in [0.29, 0.717) is 11.3 Å². The fourth-order valence-corrected chi connectivity index (χ4v) is 4.32. The van der Waals surface area contributed by atoms with Gasteiger partial charge in [-0.1, -0.05) is 12.1 Å². The van der Waals surface area contributed by atoms with Crippen LogP contribution in [0.2, 0.25) is 0 Å². The zero-order valence-corrected chi connectivity index (χ0v) is 15.5. The van der Waals surface area contributed by atoms with Crippen LogP contribution < -0.4 is 10.1 Å². The van der Waals surface area contributed by atoms with Gasteiger partial charge in [-0.2, -0.15) is 0 Å². The number of nitrogens with one attached hydrogen (secondary N) is 1. The molecule has 0 bridgehead atoms. The van der Waals surface area contributed by atoms with Crippen LogP contribution in [0.5, 0.6) is 5.75 Å². The van der Waals surface area contributed by atoms with Crippen molar-refractivity contribution >= 4 is 13.3 Å². The summed E-state index contributed by atoms with van der Waals surface area (Å²) in [6, 6.07) is 13.0. The molecule has 2 aromatic rings. The van der Waals surface area contributed by atoms with Crippen molar-refractivity contribution in [1.82, 2.24) is 0 Å². The molecule has 1 N–H and O–H groups in total. The Balaban J connectivity index is 2.39. The van der Waals surface area contributed by atoms with Crippen molar-refractivity contribution < 1.29 is 22.7 Å². The number of hydrogen-bond donors (Lipinski definition) is 1. The summed E-state index contributed by atoms with van der Waals surface area (Å²) in [7, 11) is -1.93. The summed E-state index contributed by atoms with van der Waals surface area (Å²) in [5.74, 6) is -0.419. The zero-order chi connectivity index (χ0) is 18.3. The highest BCUT2D eigenvalue weighted by atomic mass is 31.2. The van der Waals surface area contributed by atoms with E-state index in [2.05, 4.69) is 5.32 Å². The van der Waals surface area contributed by atoms with Gasteiger partial charge < -0.3 is 19.1 Å². The maximum absolute atomic E-state index is 13.3. The van der Waals surface area contributed by atoms with Crippen LogP contribution in [-0.4, -0.2) is 20.3 Å². The molecular weight excluding hydrogens is 344 g/mol. The molecule has 0 fully saturated rings. The van der Waals surface area contributed by atoms with Gasteiger partial charge in [0.2, 0.25) is 0 Å². The minimum Gasteiger partial charge on any atom is -0.497 e. The van der Waals surface area contributed by atoms with Gasteiger partial charge in [0.25, 0.3) is 0 Å². The third kappa shape index (κ3) is 5.05. The lowest BCUT2D eigenvalue weighted by molar-refractivity contribution is 0.214. The number of halogens is 1. The van der Waals surface area contributed by atoms with E-state index in [1.807, 2.05) is 0 Å². The summed E-state index contributed by atoms with van der Waals surface area (Å²) in [6.45, 7) is 3.97. The number of anilines is 1. The van der Waals surface area contributed by atoms with E-state index in [1.165, 1.54) is 12.1 Å². The maximum Gasteiger partial charge on any atom is 0.357 e. The third-order valence-electron chi connectivity index (χ3n) is 3.51. The Bertz CT molecular complexity index is 696. The first-order valence-electron chi connectivity index (χ1n) is 8.07. The van der Waals surface area contributed by atoms with Crippen LogP contribution in [0, 0.1) is 5.82 Å². The molecule has 2 rings (SSSR count). The highest BCUT2D eigenvalue weighted by Gasteiger charge is 2.37. The van der Waals surface area contributed by atoms with Crippen LogP contribution in [-0.2, 0) is 13.6 Å². The van der Waals surface area contributed by atoms with Gasteiger partial charge in [-0.25, -0.2) is 4.39 Å². The minimum atomic E-state index is -3.52. The fraction of sp³-hybridized carbons (Fsp3) is 0.333. The average molecular weight is 367 g/mol. The molecule has 1 unspecified atom stereocenters. The first-order chi connectivity index (χ1) is 12.0. The number of rotatable bonds is 9. The number of methoxy groups -OCH3 is 1. The Hall–Kier alpha value is -1.88. The summed E-state index contributed by atoms with van der Waals surface area (Å²) >= 11 is 0. The molecular formula is C18H23FNO4P. The Kier molecular flexibility index (Phi) is 7.00. The maximum atomic E-state index is 13.3. The monoisotopic (exact) mass is 367 g/mol. The van der Waals surface area contributed by atoms with Crippen molar-refractivity contribution in [1.29, 1.82) is 0 Å². The molecule has 2 aromatic carbocycles. The predicted octanol–water partition coefficient (Wildman–Crippen LogP) is 5.21. The van der Waals surface area contributed by atoms with E-state index in [0.717, 1.165) is 5.69 Å². The Morgan fingerprint density at radius 1 is 1.00 bits per heavy atom. The molecule has 0 aromatic heterocycles. The first-order valence-corrected chi connectivity index (χ1v) is 9.68. The normalized spacial score (nSPS) is 12.6. The van der Waals surface area contributed by atoms with Crippen LogP contribution >= 0.6 is 7.60 Å². The van der Waals surface area contributed by atoms with Gasteiger partial charge in [0.15, 0.2) is 5.78 Å². The quantitative estimate of drug-likeness (QED) is 0.617. The van der Waals surface area contributed by atoms with E-state index in [9.17, 15) is 8.96 Å². The van der Waals surface area contributed by atoms with Crippen LogP contribution in [0.3, 0.4) is 0 Å². The van der Waals surface area contributed by atoms with Gasteiger partial charge in [0.05, 0.1) is 20.3 Å². The molecule has 1 atom stereocenters. The summed E-state index contributed by atoms with van der Waals surface area (Å²) in [5, 5.41) is 3.19. The minimum absolute atomic E-state index is 0.235.